The number of carbonyl (C=O) groups is 2. The molecule has 2 aromatic rings. The smallest absolute Gasteiger partial charge is 0.258 e. The lowest BCUT2D eigenvalue weighted by Gasteiger charge is -2.17. The summed E-state index contributed by atoms with van der Waals surface area (Å²) in [5.41, 5.74) is 1.48. The molecule has 0 saturated carbocycles. The number of halogens is 1. The lowest BCUT2D eigenvalue weighted by molar-refractivity contribution is -0.123. The van der Waals surface area contributed by atoms with Crippen molar-refractivity contribution in [3.63, 3.8) is 0 Å². The van der Waals surface area contributed by atoms with Gasteiger partial charge in [0.2, 0.25) is 0 Å². The van der Waals surface area contributed by atoms with Gasteiger partial charge in [0.1, 0.15) is 6.29 Å². The van der Waals surface area contributed by atoms with Crippen LogP contribution in [0.1, 0.15) is 35.8 Å². The SMILES string of the molecule is CCOc1cc(C=O)ccc1OCC(=O)N[C@H](C)c1ccccc1Br. The zero-order chi connectivity index (χ0) is 18.2. The fourth-order valence-corrected chi connectivity index (χ4v) is 2.94. The Kier molecular flexibility index (Phi) is 7.01. The molecule has 25 heavy (non-hydrogen) atoms. The molecular weight excluding hydrogens is 386 g/mol. The average Bonchev–Trinajstić information content (AvgIpc) is 2.61. The highest BCUT2D eigenvalue weighted by Crippen LogP contribution is 2.28. The second-order valence-electron chi connectivity index (χ2n) is 5.36. The molecule has 0 heterocycles. The van der Waals surface area contributed by atoms with E-state index in [1.54, 1.807) is 18.2 Å². The monoisotopic (exact) mass is 405 g/mol. The van der Waals surface area contributed by atoms with Gasteiger partial charge in [-0.3, -0.25) is 9.59 Å². The van der Waals surface area contributed by atoms with E-state index in [1.165, 1.54) is 0 Å². The maximum atomic E-state index is 12.2. The van der Waals surface area contributed by atoms with Gasteiger partial charge in [-0.1, -0.05) is 34.1 Å². The summed E-state index contributed by atoms with van der Waals surface area (Å²) < 4.78 is 11.9. The number of hydrogen-bond acceptors (Lipinski definition) is 4. The Bertz CT molecular complexity index is 748. The first-order chi connectivity index (χ1) is 12.0. The molecule has 6 heteroatoms. The minimum absolute atomic E-state index is 0.144. The summed E-state index contributed by atoms with van der Waals surface area (Å²) in [4.78, 5) is 23.0. The molecule has 0 spiro atoms. The number of ether oxygens (including phenoxy) is 2. The van der Waals surface area contributed by atoms with E-state index in [4.69, 9.17) is 9.47 Å². The molecule has 2 aromatic carbocycles. The van der Waals surface area contributed by atoms with Gasteiger partial charge in [0.05, 0.1) is 12.6 Å². The van der Waals surface area contributed by atoms with Crippen LogP contribution in [0.25, 0.3) is 0 Å². The van der Waals surface area contributed by atoms with Crippen LogP contribution in [0, 0.1) is 0 Å². The predicted octanol–water partition coefficient (Wildman–Crippen LogP) is 3.92. The first kappa shape index (κ1) is 19.0. The summed E-state index contributed by atoms with van der Waals surface area (Å²) in [5.74, 6) is 0.625. The summed E-state index contributed by atoms with van der Waals surface area (Å²) in [5, 5.41) is 2.89. The Morgan fingerprint density at radius 3 is 2.64 bits per heavy atom. The van der Waals surface area contributed by atoms with E-state index in [0.717, 1.165) is 16.3 Å². The van der Waals surface area contributed by atoms with Crippen molar-refractivity contribution in [2.45, 2.75) is 19.9 Å². The molecule has 0 fully saturated rings. The fourth-order valence-electron chi connectivity index (χ4n) is 2.32. The van der Waals surface area contributed by atoms with Crippen LogP contribution in [0.4, 0.5) is 0 Å². The molecule has 0 aliphatic heterocycles. The Labute approximate surface area is 155 Å². The van der Waals surface area contributed by atoms with Crippen molar-refractivity contribution in [1.29, 1.82) is 0 Å². The number of nitrogens with one attached hydrogen (secondary N) is 1. The number of aldehydes is 1. The molecule has 1 atom stereocenters. The van der Waals surface area contributed by atoms with Crippen molar-refractivity contribution in [2.24, 2.45) is 0 Å². The molecule has 0 aliphatic carbocycles. The molecule has 2 rings (SSSR count). The number of rotatable bonds is 8. The third-order valence-corrected chi connectivity index (χ3v) is 4.23. The zero-order valence-corrected chi connectivity index (χ0v) is 15.7. The second kappa shape index (κ2) is 9.22. The molecule has 1 amide bonds. The van der Waals surface area contributed by atoms with Gasteiger partial charge in [0.15, 0.2) is 18.1 Å². The van der Waals surface area contributed by atoms with E-state index in [9.17, 15) is 9.59 Å². The minimum Gasteiger partial charge on any atom is -0.490 e. The van der Waals surface area contributed by atoms with Crippen LogP contribution in [-0.4, -0.2) is 25.4 Å². The number of amides is 1. The normalized spacial score (nSPS) is 11.5. The van der Waals surface area contributed by atoms with Crippen molar-refractivity contribution in [2.75, 3.05) is 13.2 Å². The highest BCUT2D eigenvalue weighted by atomic mass is 79.9. The highest BCUT2D eigenvalue weighted by Gasteiger charge is 2.14. The highest BCUT2D eigenvalue weighted by molar-refractivity contribution is 9.10. The molecule has 0 saturated heterocycles. The maximum absolute atomic E-state index is 12.2. The largest absolute Gasteiger partial charge is 0.490 e. The predicted molar refractivity (Wildman–Crippen MR) is 99.2 cm³/mol. The Morgan fingerprint density at radius 1 is 1.20 bits per heavy atom. The van der Waals surface area contributed by atoms with Gasteiger partial charge >= 0.3 is 0 Å². The van der Waals surface area contributed by atoms with Crippen molar-refractivity contribution in [3.8, 4) is 11.5 Å². The Balaban J connectivity index is 1.98. The van der Waals surface area contributed by atoms with Gasteiger partial charge in [-0.05, 0) is 43.7 Å². The van der Waals surface area contributed by atoms with Crippen molar-refractivity contribution < 1.29 is 19.1 Å². The van der Waals surface area contributed by atoms with Crippen LogP contribution >= 0.6 is 15.9 Å². The third kappa shape index (κ3) is 5.32. The van der Waals surface area contributed by atoms with Crippen LogP contribution in [-0.2, 0) is 4.79 Å². The molecule has 0 unspecified atom stereocenters. The van der Waals surface area contributed by atoms with E-state index in [0.29, 0.717) is 23.7 Å². The summed E-state index contributed by atoms with van der Waals surface area (Å²) in [6, 6.07) is 12.4. The second-order valence-corrected chi connectivity index (χ2v) is 6.21. The van der Waals surface area contributed by atoms with Crippen molar-refractivity contribution >= 4 is 28.1 Å². The van der Waals surface area contributed by atoms with Crippen molar-refractivity contribution in [1.82, 2.24) is 5.32 Å². The first-order valence-electron chi connectivity index (χ1n) is 7.93. The Morgan fingerprint density at radius 2 is 1.96 bits per heavy atom. The van der Waals surface area contributed by atoms with Gasteiger partial charge in [-0.15, -0.1) is 0 Å². The molecule has 0 aromatic heterocycles. The van der Waals surface area contributed by atoms with E-state index in [-0.39, 0.29) is 18.6 Å². The minimum atomic E-state index is -0.245. The number of hydrogen-bond donors (Lipinski definition) is 1. The summed E-state index contributed by atoms with van der Waals surface area (Å²) >= 11 is 3.48. The fraction of sp³-hybridized carbons (Fsp3) is 0.263. The van der Waals surface area contributed by atoms with Gasteiger partial charge in [-0.25, -0.2) is 0 Å². The molecule has 1 N–H and O–H groups in total. The molecule has 0 radical (unpaired) electrons. The molecule has 0 aliphatic rings. The van der Waals surface area contributed by atoms with Crippen LogP contribution in [0.3, 0.4) is 0 Å². The maximum Gasteiger partial charge on any atom is 0.258 e. The summed E-state index contributed by atoms with van der Waals surface area (Å²) in [6.07, 6.45) is 0.735. The van der Waals surface area contributed by atoms with Crippen molar-refractivity contribution in [3.05, 3.63) is 58.1 Å². The molecule has 5 nitrogen and oxygen atoms in total. The first-order valence-corrected chi connectivity index (χ1v) is 8.73. The van der Waals surface area contributed by atoms with E-state index in [1.807, 2.05) is 38.1 Å². The van der Waals surface area contributed by atoms with Gasteiger partial charge in [-0.2, -0.15) is 0 Å². The average molecular weight is 406 g/mol. The number of benzene rings is 2. The van der Waals surface area contributed by atoms with E-state index >= 15 is 0 Å². The van der Waals surface area contributed by atoms with Crippen LogP contribution < -0.4 is 14.8 Å². The van der Waals surface area contributed by atoms with Gasteiger partial charge in [0.25, 0.3) is 5.91 Å². The van der Waals surface area contributed by atoms with Crippen LogP contribution in [0.5, 0.6) is 11.5 Å². The zero-order valence-electron chi connectivity index (χ0n) is 14.1. The standard InChI is InChI=1S/C19H20BrNO4/c1-3-24-18-10-14(11-22)8-9-17(18)25-12-19(23)21-13(2)15-6-4-5-7-16(15)20/h4-11,13H,3,12H2,1-2H3,(H,21,23)/t13-/m1/s1. The van der Waals surface area contributed by atoms with Crippen LogP contribution in [0.15, 0.2) is 46.9 Å². The lowest BCUT2D eigenvalue weighted by Crippen LogP contribution is -2.31. The third-order valence-electron chi connectivity index (χ3n) is 3.51. The van der Waals surface area contributed by atoms with Gasteiger partial charge in [0, 0.05) is 10.0 Å². The quantitative estimate of drug-likeness (QED) is 0.675. The molecular formula is C19H20BrNO4. The van der Waals surface area contributed by atoms with Crippen LogP contribution in [0.2, 0.25) is 0 Å². The van der Waals surface area contributed by atoms with Gasteiger partial charge < -0.3 is 14.8 Å². The van der Waals surface area contributed by atoms with E-state index in [2.05, 4.69) is 21.2 Å². The molecule has 0 bridgehead atoms. The topological polar surface area (TPSA) is 64.6 Å². The lowest BCUT2D eigenvalue weighted by atomic mass is 10.1. The summed E-state index contributed by atoms with van der Waals surface area (Å²) in [7, 11) is 0. The Hall–Kier alpha value is -2.34. The number of carbonyl (C=O) groups excluding carboxylic acids is 2. The van der Waals surface area contributed by atoms with E-state index < -0.39 is 0 Å². The molecule has 132 valence electrons. The summed E-state index contributed by atoms with van der Waals surface area (Å²) in [6.45, 7) is 4.03.